The third kappa shape index (κ3) is 2.51. The third-order valence-electron chi connectivity index (χ3n) is 3.73. The lowest BCUT2D eigenvalue weighted by Gasteiger charge is -2.02. The molecule has 4 rings (SSSR count). The van der Waals surface area contributed by atoms with Crippen LogP contribution in [0.4, 0.5) is 4.39 Å². The van der Waals surface area contributed by atoms with Gasteiger partial charge in [-0.05, 0) is 36.4 Å². The third-order valence-corrected chi connectivity index (χ3v) is 3.96. The molecule has 24 heavy (non-hydrogen) atoms. The van der Waals surface area contributed by atoms with Crippen molar-refractivity contribution in [3.8, 4) is 28.5 Å². The van der Waals surface area contributed by atoms with Crippen LogP contribution in [0.15, 0.2) is 42.5 Å². The number of methoxy groups -OCH3 is 1. The summed E-state index contributed by atoms with van der Waals surface area (Å²) in [6.07, 6.45) is 0. The van der Waals surface area contributed by atoms with Crippen molar-refractivity contribution in [3.63, 3.8) is 0 Å². The standard InChI is InChI=1S/C17H12ClFN4O/c1-24-10-3-4-11(12(19)7-10)14-8-16(23-22-14)17-20-13-5-2-9(18)6-15(13)21-17/h2-8H,1H3,(H,20,21)(H,22,23). The highest BCUT2D eigenvalue weighted by atomic mass is 35.5. The lowest BCUT2D eigenvalue weighted by atomic mass is 10.1. The summed E-state index contributed by atoms with van der Waals surface area (Å²) >= 11 is 5.98. The van der Waals surface area contributed by atoms with Crippen LogP contribution in [0.1, 0.15) is 0 Å². The number of aromatic nitrogens is 4. The van der Waals surface area contributed by atoms with E-state index >= 15 is 0 Å². The van der Waals surface area contributed by atoms with E-state index in [9.17, 15) is 4.39 Å². The first-order valence-electron chi connectivity index (χ1n) is 7.19. The minimum atomic E-state index is -0.399. The number of H-pyrrole nitrogens is 2. The van der Waals surface area contributed by atoms with E-state index in [-0.39, 0.29) is 0 Å². The molecule has 0 fully saturated rings. The molecule has 0 aliphatic heterocycles. The highest BCUT2D eigenvalue weighted by Gasteiger charge is 2.13. The van der Waals surface area contributed by atoms with Gasteiger partial charge in [0.1, 0.15) is 17.3 Å². The Kier molecular flexibility index (Phi) is 3.46. The molecule has 0 aliphatic carbocycles. The van der Waals surface area contributed by atoms with E-state index in [2.05, 4.69) is 20.2 Å². The van der Waals surface area contributed by atoms with Gasteiger partial charge in [0.25, 0.3) is 0 Å². The summed E-state index contributed by atoms with van der Waals surface area (Å²) in [4.78, 5) is 7.65. The number of imidazole rings is 1. The van der Waals surface area contributed by atoms with E-state index in [0.717, 1.165) is 11.0 Å². The zero-order chi connectivity index (χ0) is 16.7. The molecule has 120 valence electrons. The van der Waals surface area contributed by atoms with Crippen molar-refractivity contribution in [2.45, 2.75) is 0 Å². The molecule has 7 heteroatoms. The second-order valence-electron chi connectivity index (χ2n) is 5.26. The molecule has 0 bridgehead atoms. The van der Waals surface area contributed by atoms with Crippen molar-refractivity contribution in [2.75, 3.05) is 7.11 Å². The second kappa shape index (κ2) is 5.65. The molecule has 4 aromatic rings. The van der Waals surface area contributed by atoms with Crippen LogP contribution in [0, 0.1) is 5.82 Å². The molecule has 0 radical (unpaired) electrons. The van der Waals surface area contributed by atoms with E-state index in [0.29, 0.717) is 33.5 Å². The van der Waals surface area contributed by atoms with Gasteiger partial charge in [-0.2, -0.15) is 5.10 Å². The van der Waals surface area contributed by atoms with E-state index in [1.54, 1.807) is 30.3 Å². The van der Waals surface area contributed by atoms with Crippen LogP contribution in [0.3, 0.4) is 0 Å². The number of hydrogen-bond acceptors (Lipinski definition) is 3. The Bertz CT molecular complexity index is 1040. The van der Waals surface area contributed by atoms with Gasteiger partial charge in [-0.25, -0.2) is 9.37 Å². The van der Waals surface area contributed by atoms with Gasteiger partial charge in [0.15, 0.2) is 5.82 Å². The molecule has 0 unspecified atom stereocenters. The summed E-state index contributed by atoms with van der Waals surface area (Å²) in [7, 11) is 1.49. The summed E-state index contributed by atoms with van der Waals surface area (Å²) in [5.41, 5.74) is 3.15. The zero-order valence-corrected chi connectivity index (χ0v) is 13.4. The number of nitrogens with zero attached hydrogens (tertiary/aromatic N) is 2. The van der Waals surface area contributed by atoms with Crippen LogP contribution in [0.5, 0.6) is 5.75 Å². The Morgan fingerprint density at radius 3 is 2.79 bits per heavy atom. The monoisotopic (exact) mass is 342 g/mol. The topological polar surface area (TPSA) is 66.6 Å². The van der Waals surface area contributed by atoms with Gasteiger partial charge in [0.05, 0.1) is 23.8 Å². The van der Waals surface area contributed by atoms with Gasteiger partial charge >= 0.3 is 0 Å². The van der Waals surface area contributed by atoms with Crippen LogP contribution in [-0.4, -0.2) is 27.3 Å². The summed E-state index contributed by atoms with van der Waals surface area (Å²) < 4.78 is 19.2. The summed E-state index contributed by atoms with van der Waals surface area (Å²) in [5.74, 6) is 0.671. The molecule has 5 nitrogen and oxygen atoms in total. The van der Waals surface area contributed by atoms with Crippen molar-refractivity contribution >= 4 is 22.6 Å². The fraction of sp³-hybridized carbons (Fsp3) is 0.0588. The summed E-state index contributed by atoms with van der Waals surface area (Å²) in [6.45, 7) is 0. The predicted octanol–water partition coefficient (Wildman–Crippen LogP) is 4.42. The van der Waals surface area contributed by atoms with Crippen molar-refractivity contribution in [1.82, 2.24) is 20.2 Å². The van der Waals surface area contributed by atoms with Crippen molar-refractivity contribution in [1.29, 1.82) is 0 Å². The van der Waals surface area contributed by atoms with Crippen LogP contribution in [-0.2, 0) is 0 Å². The minimum absolute atomic E-state index is 0.387. The highest BCUT2D eigenvalue weighted by Crippen LogP contribution is 2.28. The van der Waals surface area contributed by atoms with Crippen LogP contribution >= 0.6 is 11.6 Å². The number of fused-ring (bicyclic) bond motifs is 1. The highest BCUT2D eigenvalue weighted by molar-refractivity contribution is 6.31. The first-order chi connectivity index (χ1) is 11.6. The Morgan fingerprint density at radius 2 is 2.00 bits per heavy atom. The molecular weight excluding hydrogens is 331 g/mol. The van der Waals surface area contributed by atoms with Gasteiger partial charge in [-0.3, -0.25) is 5.10 Å². The fourth-order valence-electron chi connectivity index (χ4n) is 2.52. The van der Waals surface area contributed by atoms with Crippen LogP contribution in [0.2, 0.25) is 5.02 Å². The lowest BCUT2D eigenvalue weighted by Crippen LogP contribution is -1.88. The molecule has 0 saturated carbocycles. The lowest BCUT2D eigenvalue weighted by molar-refractivity contribution is 0.411. The average Bonchev–Trinajstić information content (AvgIpc) is 3.20. The Hall–Kier alpha value is -2.86. The maximum atomic E-state index is 14.2. The molecule has 2 N–H and O–H groups in total. The first-order valence-corrected chi connectivity index (χ1v) is 7.57. The minimum Gasteiger partial charge on any atom is -0.497 e. The number of hydrogen-bond donors (Lipinski definition) is 2. The van der Waals surface area contributed by atoms with Gasteiger partial charge in [-0.1, -0.05) is 11.6 Å². The smallest absolute Gasteiger partial charge is 0.156 e. The fourth-order valence-corrected chi connectivity index (χ4v) is 2.69. The molecule has 0 aliphatic rings. The van der Waals surface area contributed by atoms with E-state index < -0.39 is 5.82 Å². The number of ether oxygens (including phenoxy) is 1. The molecule has 0 amide bonds. The number of rotatable bonds is 3. The molecule has 2 aromatic heterocycles. The number of halogens is 2. The number of aromatic amines is 2. The summed E-state index contributed by atoms with van der Waals surface area (Å²) in [5, 5.41) is 7.68. The quantitative estimate of drug-likeness (QED) is 0.579. The predicted molar refractivity (Wildman–Crippen MR) is 90.6 cm³/mol. The average molecular weight is 343 g/mol. The molecule has 0 spiro atoms. The Labute approximate surface area is 141 Å². The second-order valence-corrected chi connectivity index (χ2v) is 5.70. The maximum absolute atomic E-state index is 14.2. The van der Waals surface area contributed by atoms with E-state index in [4.69, 9.17) is 16.3 Å². The van der Waals surface area contributed by atoms with Gasteiger partial charge in [0, 0.05) is 16.7 Å². The van der Waals surface area contributed by atoms with Crippen LogP contribution in [0.25, 0.3) is 33.8 Å². The van der Waals surface area contributed by atoms with Crippen molar-refractivity contribution in [3.05, 3.63) is 53.3 Å². The molecule has 0 atom stereocenters. The Balaban J connectivity index is 1.73. The summed E-state index contributed by atoms with van der Waals surface area (Å²) in [6, 6.07) is 11.8. The number of nitrogens with one attached hydrogen (secondary N) is 2. The van der Waals surface area contributed by atoms with Crippen molar-refractivity contribution < 1.29 is 9.13 Å². The van der Waals surface area contributed by atoms with Gasteiger partial charge in [0.2, 0.25) is 0 Å². The van der Waals surface area contributed by atoms with Crippen molar-refractivity contribution in [2.24, 2.45) is 0 Å². The molecular formula is C17H12ClFN4O. The van der Waals surface area contributed by atoms with Crippen LogP contribution < -0.4 is 4.74 Å². The SMILES string of the molecule is COc1ccc(-c2cc(-c3nc4ccc(Cl)cc4[nH]3)[nH]n2)c(F)c1. The van der Waals surface area contributed by atoms with Gasteiger partial charge in [-0.15, -0.1) is 0 Å². The van der Waals surface area contributed by atoms with E-state index in [1.807, 2.05) is 6.07 Å². The molecule has 2 heterocycles. The maximum Gasteiger partial charge on any atom is 0.156 e. The first kappa shape index (κ1) is 14.7. The number of benzene rings is 2. The van der Waals surface area contributed by atoms with E-state index in [1.165, 1.54) is 13.2 Å². The van der Waals surface area contributed by atoms with Gasteiger partial charge < -0.3 is 9.72 Å². The molecule has 2 aromatic carbocycles. The largest absolute Gasteiger partial charge is 0.497 e. The zero-order valence-electron chi connectivity index (χ0n) is 12.6. The normalized spacial score (nSPS) is 11.1. The Morgan fingerprint density at radius 1 is 1.12 bits per heavy atom. The molecule has 0 saturated heterocycles.